The molecule has 4 fully saturated rings. The molecule has 0 spiro atoms. The van der Waals surface area contributed by atoms with Gasteiger partial charge in [0, 0.05) is 16.1 Å². The summed E-state index contributed by atoms with van der Waals surface area (Å²) in [4.78, 5) is 26.8. The molecule has 4 nitrogen and oxygen atoms in total. The molecule has 0 aromatic heterocycles. The minimum Gasteiger partial charge on any atom is -0.350 e. The zero-order chi connectivity index (χ0) is 23.7. The molecular weight excluding hydrogens is 440 g/mol. The zero-order valence-corrected chi connectivity index (χ0v) is 21.1. The fourth-order valence-electron chi connectivity index (χ4n) is 6.85. The van der Waals surface area contributed by atoms with Crippen LogP contribution in [0.5, 0.6) is 0 Å². The van der Waals surface area contributed by atoms with E-state index in [-0.39, 0.29) is 17.4 Å². The van der Waals surface area contributed by atoms with Gasteiger partial charge in [0.25, 0.3) is 5.91 Å². The summed E-state index contributed by atoms with van der Waals surface area (Å²) in [5.74, 6) is 3.24. The molecule has 4 aliphatic rings. The lowest BCUT2D eigenvalue weighted by Gasteiger charge is -2.56. The molecule has 2 aromatic carbocycles. The molecule has 0 heterocycles. The number of thioether (sulfide) groups is 1. The highest BCUT2D eigenvalue weighted by Gasteiger charge is 2.51. The van der Waals surface area contributed by atoms with Crippen LogP contribution >= 0.6 is 11.8 Å². The number of hydrogen-bond donors (Lipinski definition) is 2. The second-order valence-electron chi connectivity index (χ2n) is 10.9. The number of anilines is 1. The van der Waals surface area contributed by atoms with Gasteiger partial charge in [-0.3, -0.25) is 9.59 Å². The molecule has 5 heteroatoms. The average molecular weight is 477 g/mol. The van der Waals surface area contributed by atoms with Crippen LogP contribution in [0.1, 0.15) is 80.6 Å². The molecule has 6 rings (SSSR count). The first-order valence-corrected chi connectivity index (χ1v) is 13.9. The third kappa shape index (κ3) is 5.05. The summed E-state index contributed by atoms with van der Waals surface area (Å²) in [6.45, 7) is 4.39. The van der Waals surface area contributed by atoms with Gasteiger partial charge >= 0.3 is 0 Å². The van der Waals surface area contributed by atoms with Gasteiger partial charge in [0.15, 0.2) is 0 Å². The van der Waals surface area contributed by atoms with Crippen LogP contribution < -0.4 is 10.6 Å². The lowest BCUT2D eigenvalue weighted by Crippen LogP contribution is -2.60. The third-order valence-electron chi connectivity index (χ3n) is 8.28. The van der Waals surface area contributed by atoms with Crippen molar-refractivity contribution in [1.29, 1.82) is 0 Å². The molecule has 34 heavy (non-hydrogen) atoms. The summed E-state index contributed by atoms with van der Waals surface area (Å²) in [5.41, 5.74) is 2.71. The van der Waals surface area contributed by atoms with E-state index in [9.17, 15) is 9.59 Å². The molecule has 180 valence electrons. The van der Waals surface area contributed by atoms with E-state index in [0.717, 1.165) is 54.0 Å². The summed E-state index contributed by atoms with van der Waals surface area (Å²) in [7, 11) is 0. The van der Waals surface area contributed by atoms with Gasteiger partial charge in [0.2, 0.25) is 5.91 Å². The third-order valence-corrected chi connectivity index (χ3v) is 9.36. The summed E-state index contributed by atoms with van der Waals surface area (Å²) >= 11 is 1.46. The summed E-state index contributed by atoms with van der Waals surface area (Å²) in [5, 5.41) is 6.46. The fraction of sp³-hybridized carbons (Fsp3) is 0.517. The number of hydrogen-bond acceptors (Lipinski definition) is 3. The smallest absolute Gasteiger partial charge is 0.256 e. The van der Waals surface area contributed by atoms with Gasteiger partial charge in [-0.1, -0.05) is 38.1 Å². The highest BCUT2D eigenvalue weighted by atomic mass is 32.2. The molecule has 2 N–H and O–H groups in total. The lowest BCUT2D eigenvalue weighted by molar-refractivity contribution is -0.124. The maximum Gasteiger partial charge on any atom is 0.256 e. The quantitative estimate of drug-likeness (QED) is 0.421. The van der Waals surface area contributed by atoms with Crippen molar-refractivity contribution in [2.24, 2.45) is 17.8 Å². The average Bonchev–Trinajstić information content (AvgIpc) is 2.81. The highest BCUT2D eigenvalue weighted by molar-refractivity contribution is 8.00. The van der Waals surface area contributed by atoms with E-state index < -0.39 is 0 Å². The van der Waals surface area contributed by atoms with Crippen LogP contribution in [0.15, 0.2) is 53.4 Å². The van der Waals surface area contributed by atoms with Gasteiger partial charge in [0.05, 0.1) is 11.3 Å². The van der Waals surface area contributed by atoms with Crippen LogP contribution in [0.2, 0.25) is 0 Å². The molecule has 2 aromatic rings. The van der Waals surface area contributed by atoms with Crippen LogP contribution in [0.25, 0.3) is 0 Å². The fourth-order valence-corrected chi connectivity index (χ4v) is 7.70. The van der Waals surface area contributed by atoms with Crippen LogP contribution in [-0.4, -0.2) is 23.1 Å². The first-order valence-electron chi connectivity index (χ1n) is 12.9. The van der Waals surface area contributed by atoms with E-state index in [0.29, 0.717) is 17.2 Å². The number of benzene rings is 2. The van der Waals surface area contributed by atoms with Crippen LogP contribution in [0, 0.1) is 17.8 Å². The topological polar surface area (TPSA) is 58.2 Å². The van der Waals surface area contributed by atoms with Crippen molar-refractivity contribution in [3.63, 3.8) is 0 Å². The van der Waals surface area contributed by atoms with Crippen LogP contribution in [-0.2, 0) is 4.79 Å². The molecule has 4 saturated carbocycles. The molecule has 0 saturated heterocycles. The molecule has 4 aliphatic carbocycles. The SMILES string of the molecule is CCC(C)c1ccc(NC(=O)c2ccccc2SCC(=O)NC23CC4CC(CC(C4)C2)C3)cc1. The van der Waals surface area contributed by atoms with Gasteiger partial charge in [-0.05, 0) is 98.4 Å². The van der Waals surface area contributed by atoms with Gasteiger partial charge in [0.1, 0.15) is 0 Å². The Balaban J connectivity index is 1.19. The van der Waals surface area contributed by atoms with Gasteiger partial charge in [-0.25, -0.2) is 0 Å². The predicted octanol–water partition coefficient (Wildman–Crippen LogP) is 6.63. The van der Waals surface area contributed by atoms with E-state index >= 15 is 0 Å². The number of nitrogens with one attached hydrogen (secondary N) is 2. The van der Waals surface area contributed by atoms with Crippen LogP contribution in [0.4, 0.5) is 5.69 Å². The van der Waals surface area contributed by atoms with Crippen molar-refractivity contribution < 1.29 is 9.59 Å². The Kier molecular flexibility index (Phi) is 6.74. The Bertz CT molecular complexity index is 1010. The predicted molar refractivity (Wildman–Crippen MR) is 139 cm³/mol. The molecule has 0 radical (unpaired) electrons. The largest absolute Gasteiger partial charge is 0.350 e. The first-order chi connectivity index (χ1) is 16.4. The second-order valence-corrected chi connectivity index (χ2v) is 11.9. The van der Waals surface area contributed by atoms with E-state index in [1.54, 1.807) is 0 Å². The Morgan fingerprint density at radius 3 is 2.21 bits per heavy atom. The Labute approximate surface area is 207 Å². The molecule has 2 amide bonds. The number of rotatable bonds is 8. The van der Waals surface area contributed by atoms with E-state index in [1.807, 2.05) is 36.4 Å². The molecule has 0 aliphatic heterocycles. The van der Waals surface area contributed by atoms with Gasteiger partial charge in [-0.2, -0.15) is 0 Å². The highest BCUT2D eigenvalue weighted by Crippen LogP contribution is 2.55. The van der Waals surface area contributed by atoms with Crippen molar-refractivity contribution in [1.82, 2.24) is 5.32 Å². The summed E-state index contributed by atoms with van der Waals surface area (Å²) < 4.78 is 0. The minimum absolute atomic E-state index is 0.0325. The summed E-state index contributed by atoms with van der Waals surface area (Å²) in [6.07, 6.45) is 8.66. The Hall–Kier alpha value is -2.27. The maximum absolute atomic E-state index is 13.0. The summed E-state index contributed by atoms with van der Waals surface area (Å²) in [6, 6.07) is 15.7. The number of amides is 2. The Morgan fingerprint density at radius 2 is 1.59 bits per heavy atom. The minimum atomic E-state index is -0.138. The second kappa shape index (κ2) is 9.77. The van der Waals surface area contributed by atoms with E-state index in [1.165, 1.54) is 36.6 Å². The number of carbonyl (C=O) groups is 2. The van der Waals surface area contributed by atoms with Crippen molar-refractivity contribution in [2.45, 2.75) is 75.1 Å². The van der Waals surface area contributed by atoms with Crippen molar-refractivity contribution in [3.05, 3.63) is 59.7 Å². The van der Waals surface area contributed by atoms with E-state index in [4.69, 9.17) is 0 Å². The molecule has 1 unspecified atom stereocenters. The van der Waals surface area contributed by atoms with Gasteiger partial charge in [-0.15, -0.1) is 11.8 Å². The van der Waals surface area contributed by atoms with Crippen molar-refractivity contribution in [3.8, 4) is 0 Å². The monoisotopic (exact) mass is 476 g/mol. The maximum atomic E-state index is 13.0. The first kappa shape index (κ1) is 23.5. The Morgan fingerprint density at radius 1 is 0.971 bits per heavy atom. The van der Waals surface area contributed by atoms with Gasteiger partial charge < -0.3 is 10.6 Å². The molecule has 1 atom stereocenters. The zero-order valence-electron chi connectivity index (χ0n) is 20.3. The van der Waals surface area contributed by atoms with Crippen LogP contribution in [0.3, 0.4) is 0 Å². The number of carbonyl (C=O) groups excluding carboxylic acids is 2. The lowest BCUT2D eigenvalue weighted by atomic mass is 9.53. The normalized spacial score (nSPS) is 27.9. The molecule has 4 bridgehead atoms. The van der Waals surface area contributed by atoms with Crippen molar-refractivity contribution in [2.75, 3.05) is 11.1 Å². The standard InChI is InChI=1S/C29H36N2O2S/c1-3-19(2)23-8-10-24(11-9-23)30-28(33)25-6-4-5-7-26(25)34-18-27(32)31-29-15-20-12-21(16-29)14-22(13-20)17-29/h4-11,19-22H,3,12-18H2,1-2H3,(H,30,33)(H,31,32). The molecular formula is C29H36N2O2S. The van der Waals surface area contributed by atoms with E-state index in [2.05, 4.69) is 36.6 Å². The van der Waals surface area contributed by atoms with Crippen molar-refractivity contribution >= 4 is 29.3 Å².